The predicted molar refractivity (Wildman–Crippen MR) is 82.5 cm³/mol. The Labute approximate surface area is 125 Å². The number of para-hydroxylation sites is 1. The molecule has 21 heavy (non-hydrogen) atoms. The van der Waals surface area contributed by atoms with Crippen LogP contribution < -0.4 is 9.47 Å². The molecule has 1 unspecified atom stereocenters. The van der Waals surface area contributed by atoms with Crippen molar-refractivity contribution in [1.29, 1.82) is 5.26 Å². The van der Waals surface area contributed by atoms with E-state index in [1.165, 1.54) is 0 Å². The minimum absolute atomic E-state index is 0.102. The van der Waals surface area contributed by atoms with Gasteiger partial charge in [0.25, 0.3) is 0 Å². The minimum Gasteiger partial charge on any atom is -0.497 e. The largest absolute Gasteiger partial charge is 0.497 e. The van der Waals surface area contributed by atoms with Crippen LogP contribution in [0.15, 0.2) is 54.6 Å². The molecule has 2 aromatic carbocycles. The van der Waals surface area contributed by atoms with Gasteiger partial charge in [-0.05, 0) is 42.7 Å². The van der Waals surface area contributed by atoms with Crippen LogP contribution in [0.1, 0.15) is 24.3 Å². The van der Waals surface area contributed by atoms with Crippen LogP contribution in [-0.2, 0) is 0 Å². The van der Waals surface area contributed by atoms with E-state index in [1.807, 2.05) is 54.6 Å². The maximum Gasteiger partial charge on any atom is 0.119 e. The lowest BCUT2D eigenvalue weighted by molar-refractivity contribution is 0.305. The van der Waals surface area contributed by atoms with Crippen LogP contribution in [0.5, 0.6) is 11.5 Å². The van der Waals surface area contributed by atoms with Gasteiger partial charge in [0.05, 0.1) is 25.7 Å². The molecular formula is C18H19NO2. The molecule has 0 saturated heterocycles. The first-order chi connectivity index (χ1) is 10.3. The van der Waals surface area contributed by atoms with Gasteiger partial charge >= 0.3 is 0 Å². The zero-order valence-electron chi connectivity index (χ0n) is 12.2. The molecule has 0 aliphatic heterocycles. The molecule has 3 nitrogen and oxygen atoms in total. The van der Waals surface area contributed by atoms with Crippen LogP contribution in [0.2, 0.25) is 0 Å². The summed E-state index contributed by atoms with van der Waals surface area (Å²) in [6.07, 6.45) is 1.63. The summed E-state index contributed by atoms with van der Waals surface area (Å²) in [7, 11) is 1.64. The highest BCUT2D eigenvalue weighted by Crippen LogP contribution is 2.23. The lowest BCUT2D eigenvalue weighted by Crippen LogP contribution is -2.02. The van der Waals surface area contributed by atoms with Gasteiger partial charge in [0, 0.05) is 0 Å². The Morgan fingerprint density at radius 3 is 2.33 bits per heavy atom. The van der Waals surface area contributed by atoms with Crippen LogP contribution >= 0.6 is 0 Å². The summed E-state index contributed by atoms with van der Waals surface area (Å²) in [5.74, 6) is 1.58. The highest BCUT2D eigenvalue weighted by Gasteiger charge is 2.10. The minimum atomic E-state index is -0.102. The number of hydrogen-bond donors (Lipinski definition) is 0. The summed E-state index contributed by atoms with van der Waals surface area (Å²) in [6, 6.07) is 19.8. The molecule has 0 aromatic heterocycles. The van der Waals surface area contributed by atoms with Gasteiger partial charge in [-0.3, -0.25) is 0 Å². The molecule has 0 heterocycles. The van der Waals surface area contributed by atoms with E-state index in [9.17, 15) is 5.26 Å². The summed E-state index contributed by atoms with van der Waals surface area (Å²) >= 11 is 0. The molecule has 0 saturated carbocycles. The summed E-state index contributed by atoms with van der Waals surface area (Å²) in [6.45, 7) is 0.623. The molecule has 0 radical (unpaired) electrons. The Kier molecular flexibility index (Phi) is 5.66. The second-order valence-electron chi connectivity index (χ2n) is 4.76. The summed E-state index contributed by atoms with van der Waals surface area (Å²) in [5.41, 5.74) is 1.03. The normalized spacial score (nSPS) is 11.4. The molecule has 0 bridgehead atoms. The highest BCUT2D eigenvalue weighted by molar-refractivity contribution is 5.31. The molecule has 0 amide bonds. The topological polar surface area (TPSA) is 42.2 Å². The Bertz CT molecular complexity index is 572. The van der Waals surface area contributed by atoms with Crippen molar-refractivity contribution < 1.29 is 9.47 Å². The molecule has 0 fully saturated rings. The van der Waals surface area contributed by atoms with Crippen molar-refractivity contribution in [3.8, 4) is 17.6 Å². The van der Waals surface area contributed by atoms with Crippen molar-refractivity contribution in [3.05, 3.63) is 60.2 Å². The SMILES string of the molecule is COc1ccc(C(C#N)CCCOc2ccccc2)cc1. The fourth-order valence-electron chi connectivity index (χ4n) is 2.14. The first-order valence-electron chi connectivity index (χ1n) is 7.05. The van der Waals surface area contributed by atoms with E-state index in [0.717, 1.165) is 29.9 Å². The Balaban J connectivity index is 1.81. The number of nitriles is 1. The van der Waals surface area contributed by atoms with Crippen LogP contribution in [0.4, 0.5) is 0 Å². The van der Waals surface area contributed by atoms with Gasteiger partial charge in [-0.2, -0.15) is 5.26 Å². The summed E-state index contributed by atoms with van der Waals surface area (Å²) < 4.78 is 10.8. The van der Waals surface area contributed by atoms with Gasteiger partial charge in [0.2, 0.25) is 0 Å². The second-order valence-corrected chi connectivity index (χ2v) is 4.76. The van der Waals surface area contributed by atoms with Crippen molar-refractivity contribution in [2.75, 3.05) is 13.7 Å². The Morgan fingerprint density at radius 2 is 1.71 bits per heavy atom. The molecule has 0 spiro atoms. The van der Waals surface area contributed by atoms with E-state index in [0.29, 0.717) is 6.61 Å². The predicted octanol–water partition coefficient (Wildman–Crippen LogP) is 4.16. The van der Waals surface area contributed by atoms with Gasteiger partial charge in [0.1, 0.15) is 11.5 Å². The third kappa shape index (κ3) is 4.54. The van der Waals surface area contributed by atoms with Gasteiger partial charge in [0.15, 0.2) is 0 Å². The van der Waals surface area contributed by atoms with Crippen LogP contribution in [0.25, 0.3) is 0 Å². The van der Waals surface area contributed by atoms with Gasteiger partial charge < -0.3 is 9.47 Å². The van der Waals surface area contributed by atoms with E-state index < -0.39 is 0 Å². The molecule has 2 aromatic rings. The fourth-order valence-corrected chi connectivity index (χ4v) is 2.14. The Morgan fingerprint density at radius 1 is 1.00 bits per heavy atom. The van der Waals surface area contributed by atoms with Crippen molar-refractivity contribution in [3.63, 3.8) is 0 Å². The fraction of sp³-hybridized carbons (Fsp3) is 0.278. The third-order valence-corrected chi connectivity index (χ3v) is 3.32. The summed E-state index contributed by atoms with van der Waals surface area (Å²) in [5, 5.41) is 9.30. The number of nitrogens with zero attached hydrogens (tertiary/aromatic N) is 1. The van der Waals surface area contributed by atoms with Crippen molar-refractivity contribution in [2.24, 2.45) is 0 Å². The molecule has 108 valence electrons. The molecule has 0 N–H and O–H groups in total. The third-order valence-electron chi connectivity index (χ3n) is 3.32. The molecular weight excluding hydrogens is 262 g/mol. The second kappa shape index (κ2) is 7.96. The first kappa shape index (κ1) is 14.9. The lowest BCUT2D eigenvalue weighted by Gasteiger charge is -2.11. The maximum absolute atomic E-state index is 9.30. The quantitative estimate of drug-likeness (QED) is 0.716. The standard InChI is InChI=1S/C18H19NO2/c1-20-17-11-9-15(10-12-17)16(14-19)6-5-13-21-18-7-3-2-4-8-18/h2-4,7-12,16H,5-6,13H2,1H3. The van der Waals surface area contributed by atoms with Crippen LogP contribution in [0, 0.1) is 11.3 Å². The average molecular weight is 281 g/mol. The molecule has 2 rings (SSSR count). The van der Waals surface area contributed by atoms with Gasteiger partial charge in [-0.1, -0.05) is 30.3 Å². The Hall–Kier alpha value is -2.47. The van der Waals surface area contributed by atoms with Crippen LogP contribution in [0.3, 0.4) is 0 Å². The van der Waals surface area contributed by atoms with Crippen molar-refractivity contribution >= 4 is 0 Å². The highest BCUT2D eigenvalue weighted by atomic mass is 16.5. The lowest BCUT2D eigenvalue weighted by atomic mass is 9.96. The number of hydrogen-bond acceptors (Lipinski definition) is 3. The first-order valence-corrected chi connectivity index (χ1v) is 7.05. The number of ether oxygens (including phenoxy) is 2. The van der Waals surface area contributed by atoms with Crippen LogP contribution in [-0.4, -0.2) is 13.7 Å². The molecule has 0 aliphatic carbocycles. The van der Waals surface area contributed by atoms with Crippen molar-refractivity contribution in [2.45, 2.75) is 18.8 Å². The maximum atomic E-state index is 9.30. The van der Waals surface area contributed by atoms with E-state index in [4.69, 9.17) is 9.47 Å². The van der Waals surface area contributed by atoms with Crippen molar-refractivity contribution in [1.82, 2.24) is 0 Å². The van der Waals surface area contributed by atoms with Gasteiger partial charge in [-0.15, -0.1) is 0 Å². The molecule has 0 aliphatic rings. The number of benzene rings is 2. The van der Waals surface area contributed by atoms with Gasteiger partial charge in [-0.25, -0.2) is 0 Å². The zero-order chi connectivity index (χ0) is 14.9. The molecule has 1 atom stereocenters. The summed E-state index contributed by atoms with van der Waals surface area (Å²) in [4.78, 5) is 0. The molecule has 3 heteroatoms. The zero-order valence-corrected chi connectivity index (χ0v) is 12.2. The van der Waals surface area contributed by atoms with E-state index in [-0.39, 0.29) is 5.92 Å². The average Bonchev–Trinajstić information content (AvgIpc) is 2.56. The van der Waals surface area contributed by atoms with E-state index in [1.54, 1.807) is 7.11 Å². The monoisotopic (exact) mass is 281 g/mol. The van der Waals surface area contributed by atoms with E-state index in [2.05, 4.69) is 6.07 Å². The number of methoxy groups -OCH3 is 1. The van der Waals surface area contributed by atoms with E-state index >= 15 is 0 Å². The number of rotatable bonds is 7. The smallest absolute Gasteiger partial charge is 0.119 e.